The van der Waals surface area contributed by atoms with E-state index >= 15 is 0 Å². The molecular weight excluding hydrogens is 317 g/mol. The van der Waals surface area contributed by atoms with Crippen molar-refractivity contribution in [3.05, 3.63) is 41.2 Å². The van der Waals surface area contributed by atoms with E-state index in [1.807, 2.05) is 12.2 Å². The molecule has 110 valence electrons. The van der Waals surface area contributed by atoms with Crippen LogP contribution in [0.4, 0.5) is 10.1 Å². The quantitative estimate of drug-likeness (QED) is 0.744. The van der Waals surface area contributed by atoms with Crippen molar-refractivity contribution in [2.45, 2.75) is 11.7 Å². The van der Waals surface area contributed by atoms with Gasteiger partial charge < -0.3 is 0 Å². The SMILES string of the molecule is O=C1[C@@H]2[C@@H]([C@@H]3C=C[C@H]2C3)S(=O)(=O)N1c1ccc(F)c(Cl)c1. The number of carbonyl (C=O) groups is 1. The lowest BCUT2D eigenvalue weighted by Crippen LogP contribution is -2.33. The Balaban J connectivity index is 1.84. The third kappa shape index (κ3) is 1.60. The van der Waals surface area contributed by atoms with Gasteiger partial charge in [-0.1, -0.05) is 23.8 Å². The van der Waals surface area contributed by atoms with Gasteiger partial charge in [0.15, 0.2) is 0 Å². The first-order valence-corrected chi connectivity index (χ1v) is 8.51. The molecule has 1 saturated carbocycles. The van der Waals surface area contributed by atoms with Crippen LogP contribution >= 0.6 is 11.6 Å². The highest BCUT2D eigenvalue weighted by Gasteiger charge is 2.63. The molecule has 1 heterocycles. The highest BCUT2D eigenvalue weighted by molar-refractivity contribution is 7.94. The molecule has 3 aliphatic rings. The Labute approximate surface area is 126 Å². The van der Waals surface area contributed by atoms with Crippen molar-refractivity contribution in [1.29, 1.82) is 0 Å². The molecule has 0 radical (unpaired) electrons. The molecule has 2 bridgehead atoms. The van der Waals surface area contributed by atoms with Gasteiger partial charge in [0.1, 0.15) is 5.82 Å². The second-order valence-electron chi connectivity index (χ2n) is 5.68. The lowest BCUT2D eigenvalue weighted by atomic mass is 9.92. The molecule has 0 N–H and O–H groups in total. The number of rotatable bonds is 1. The van der Waals surface area contributed by atoms with Crippen LogP contribution in [0.3, 0.4) is 0 Å². The number of nitrogens with zero attached hydrogens (tertiary/aromatic N) is 1. The maximum Gasteiger partial charge on any atom is 0.246 e. The van der Waals surface area contributed by atoms with Crippen LogP contribution in [0, 0.1) is 23.6 Å². The van der Waals surface area contributed by atoms with Gasteiger partial charge >= 0.3 is 0 Å². The summed E-state index contributed by atoms with van der Waals surface area (Å²) in [5.74, 6) is -1.71. The first kappa shape index (κ1) is 13.3. The summed E-state index contributed by atoms with van der Waals surface area (Å²) in [5, 5.41) is -0.891. The molecule has 0 spiro atoms. The zero-order chi connectivity index (χ0) is 14.9. The summed E-state index contributed by atoms with van der Waals surface area (Å²) in [5.41, 5.74) is 0.111. The molecule has 1 saturated heterocycles. The molecule has 4 nitrogen and oxygen atoms in total. The maximum atomic E-state index is 13.2. The van der Waals surface area contributed by atoms with Crippen LogP contribution in [0.2, 0.25) is 5.02 Å². The van der Waals surface area contributed by atoms with E-state index in [1.165, 1.54) is 12.1 Å². The number of allylic oxidation sites excluding steroid dienone is 2. The lowest BCUT2D eigenvalue weighted by Gasteiger charge is -2.19. The van der Waals surface area contributed by atoms with Crippen LogP contribution in [0.5, 0.6) is 0 Å². The smallest absolute Gasteiger partial charge is 0.246 e. The number of anilines is 1. The van der Waals surface area contributed by atoms with Crippen LogP contribution in [-0.4, -0.2) is 19.6 Å². The number of hydrogen-bond acceptors (Lipinski definition) is 3. The summed E-state index contributed by atoms with van der Waals surface area (Å²) >= 11 is 5.70. The van der Waals surface area contributed by atoms with Gasteiger partial charge in [-0.25, -0.2) is 17.1 Å². The molecule has 4 rings (SSSR count). The third-order valence-corrected chi connectivity index (χ3v) is 7.13. The summed E-state index contributed by atoms with van der Waals surface area (Å²) in [6.07, 6.45) is 4.54. The van der Waals surface area contributed by atoms with Crippen molar-refractivity contribution in [2.24, 2.45) is 17.8 Å². The Bertz CT molecular complexity index is 791. The monoisotopic (exact) mass is 327 g/mol. The zero-order valence-electron chi connectivity index (χ0n) is 10.7. The van der Waals surface area contributed by atoms with E-state index in [2.05, 4.69) is 0 Å². The fourth-order valence-electron chi connectivity index (χ4n) is 3.77. The number of amides is 1. The molecular formula is C14H11ClFNO3S. The second kappa shape index (κ2) is 4.08. The predicted molar refractivity (Wildman–Crippen MR) is 75.8 cm³/mol. The Morgan fingerprint density at radius 2 is 1.95 bits per heavy atom. The van der Waals surface area contributed by atoms with E-state index < -0.39 is 32.9 Å². The largest absolute Gasteiger partial charge is 0.273 e. The van der Waals surface area contributed by atoms with Crippen LogP contribution in [0.1, 0.15) is 6.42 Å². The Morgan fingerprint density at radius 1 is 1.24 bits per heavy atom. The summed E-state index contributed by atoms with van der Waals surface area (Å²) < 4.78 is 39.5. The fraction of sp³-hybridized carbons (Fsp3) is 0.357. The standard InChI is InChI=1S/C14H11ClFNO3S/c15-10-6-9(3-4-11(10)16)17-14(18)12-7-1-2-8(5-7)13(12)21(17,19)20/h1-4,6-8,12-13H,5H2/t7-,8+,12-,13+/m0/s1. The van der Waals surface area contributed by atoms with Crippen LogP contribution in [-0.2, 0) is 14.8 Å². The van der Waals surface area contributed by atoms with Gasteiger partial charge in [-0.2, -0.15) is 0 Å². The molecule has 2 fully saturated rings. The minimum atomic E-state index is -3.78. The van der Waals surface area contributed by atoms with Crippen molar-refractivity contribution < 1.29 is 17.6 Å². The first-order valence-electron chi connectivity index (χ1n) is 6.62. The van der Waals surface area contributed by atoms with Crippen molar-refractivity contribution in [3.63, 3.8) is 0 Å². The molecule has 1 amide bonds. The number of hydrogen-bond donors (Lipinski definition) is 0. The minimum Gasteiger partial charge on any atom is -0.273 e. The van der Waals surface area contributed by atoms with E-state index in [4.69, 9.17) is 11.6 Å². The summed E-state index contributed by atoms with van der Waals surface area (Å²) in [6, 6.07) is 3.52. The van der Waals surface area contributed by atoms with Crippen molar-refractivity contribution >= 4 is 33.2 Å². The second-order valence-corrected chi connectivity index (χ2v) is 8.03. The van der Waals surface area contributed by atoms with E-state index in [9.17, 15) is 17.6 Å². The van der Waals surface area contributed by atoms with Crippen molar-refractivity contribution in [2.75, 3.05) is 4.31 Å². The van der Waals surface area contributed by atoms with Gasteiger partial charge in [-0.05, 0) is 36.5 Å². The lowest BCUT2D eigenvalue weighted by molar-refractivity contribution is -0.120. The predicted octanol–water partition coefficient (Wildman–Crippen LogP) is 2.35. The average Bonchev–Trinajstić information content (AvgIpc) is 3.07. The average molecular weight is 328 g/mol. The first-order chi connectivity index (χ1) is 9.91. The number of halogens is 2. The number of carbonyl (C=O) groups excluding carboxylic acids is 1. The van der Waals surface area contributed by atoms with Gasteiger partial charge in [0.2, 0.25) is 15.9 Å². The number of fused-ring (bicyclic) bond motifs is 5. The topological polar surface area (TPSA) is 54.5 Å². The normalized spacial score (nSPS) is 35.5. The van der Waals surface area contributed by atoms with E-state index in [1.54, 1.807) is 0 Å². The summed E-state index contributed by atoms with van der Waals surface area (Å²) in [6.45, 7) is 0. The molecule has 1 aliphatic heterocycles. The van der Waals surface area contributed by atoms with E-state index in [0.717, 1.165) is 16.8 Å². The van der Waals surface area contributed by atoms with Crippen molar-refractivity contribution in [1.82, 2.24) is 0 Å². The molecule has 0 aromatic heterocycles. The minimum absolute atomic E-state index is 0.0109. The molecule has 1 aromatic rings. The molecule has 4 atom stereocenters. The summed E-state index contributed by atoms with van der Waals surface area (Å²) in [4.78, 5) is 12.6. The van der Waals surface area contributed by atoms with Gasteiger partial charge in [0.25, 0.3) is 0 Å². The van der Waals surface area contributed by atoms with Crippen LogP contribution in [0.25, 0.3) is 0 Å². The van der Waals surface area contributed by atoms with Gasteiger partial charge in [-0.15, -0.1) is 0 Å². The van der Waals surface area contributed by atoms with E-state index in [0.29, 0.717) is 0 Å². The maximum absolute atomic E-state index is 13.2. The summed E-state index contributed by atoms with van der Waals surface area (Å²) in [7, 11) is -3.78. The Kier molecular flexibility index (Phi) is 2.58. The Hall–Kier alpha value is -1.40. The Morgan fingerprint density at radius 3 is 2.62 bits per heavy atom. The van der Waals surface area contributed by atoms with Crippen LogP contribution < -0.4 is 4.31 Å². The van der Waals surface area contributed by atoms with Gasteiger partial charge in [0, 0.05) is 0 Å². The molecule has 2 aliphatic carbocycles. The number of benzene rings is 1. The zero-order valence-corrected chi connectivity index (χ0v) is 12.3. The molecule has 7 heteroatoms. The molecule has 1 aromatic carbocycles. The van der Waals surface area contributed by atoms with Crippen LogP contribution in [0.15, 0.2) is 30.4 Å². The van der Waals surface area contributed by atoms with Crippen molar-refractivity contribution in [3.8, 4) is 0 Å². The fourth-order valence-corrected chi connectivity index (χ4v) is 6.31. The highest BCUT2D eigenvalue weighted by atomic mass is 35.5. The highest BCUT2D eigenvalue weighted by Crippen LogP contribution is 2.53. The third-order valence-electron chi connectivity index (χ3n) is 4.61. The number of sulfonamides is 1. The van der Waals surface area contributed by atoms with Gasteiger partial charge in [0.05, 0.1) is 21.9 Å². The molecule has 21 heavy (non-hydrogen) atoms. The van der Waals surface area contributed by atoms with Gasteiger partial charge in [-0.3, -0.25) is 4.79 Å². The van der Waals surface area contributed by atoms with E-state index in [-0.39, 0.29) is 22.5 Å². The molecule has 0 unspecified atom stereocenters.